The number of nitrogens with one attached hydrogen (secondary N) is 1. The number of sulfonamides is 1. The Hall–Kier alpha value is -2.74. The molecule has 0 saturated heterocycles. The Morgan fingerprint density at radius 3 is 2.52 bits per heavy atom. The van der Waals surface area contributed by atoms with Crippen molar-refractivity contribution < 1.29 is 13.2 Å². The Labute approximate surface area is 134 Å². The van der Waals surface area contributed by atoms with Crippen molar-refractivity contribution in [1.82, 2.24) is 10.4 Å². The average Bonchev–Trinajstić information content (AvgIpc) is 2.53. The summed E-state index contributed by atoms with van der Waals surface area (Å²) in [7, 11) is -3.58. The van der Waals surface area contributed by atoms with E-state index < -0.39 is 15.9 Å². The SMILES string of the molecule is CS(=O)(=O)N(CC(=O)N/N=C\c1ccccn1)c1ccccc1. The van der Waals surface area contributed by atoms with Crippen molar-refractivity contribution in [3.63, 3.8) is 0 Å². The summed E-state index contributed by atoms with van der Waals surface area (Å²) in [5, 5.41) is 3.76. The first-order valence-corrected chi connectivity index (χ1v) is 8.57. The van der Waals surface area contributed by atoms with Gasteiger partial charge in [-0.25, -0.2) is 13.8 Å². The molecule has 8 heteroatoms. The highest BCUT2D eigenvalue weighted by molar-refractivity contribution is 7.92. The summed E-state index contributed by atoms with van der Waals surface area (Å²) in [6.07, 6.45) is 4.03. The number of carbonyl (C=O) groups excluding carboxylic acids is 1. The molecule has 1 N–H and O–H groups in total. The summed E-state index contributed by atoms with van der Waals surface area (Å²) < 4.78 is 24.7. The van der Waals surface area contributed by atoms with Crippen molar-refractivity contribution in [2.45, 2.75) is 0 Å². The molecule has 0 aliphatic carbocycles. The predicted octanol–water partition coefficient (Wildman–Crippen LogP) is 0.998. The lowest BCUT2D eigenvalue weighted by Gasteiger charge is -2.21. The number of nitrogens with zero attached hydrogens (tertiary/aromatic N) is 3. The van der Waals surface area contributed by atoms with E-state index in [-0.39, 0.29) is 6.54 Å². The Kier molecular flexibility index (Phi) is 5.42. The van der Waals surface area contributed by atoms with Gasteiger partial charge in [0.2, 0.25) is 10.0 Å². The Bertz CT molecular complexity index is 777. The van der Waals surface area contributed by atoms with Crippen molar-refractivity contribution in [2.24, 2.45) is 5.10 Å². The van der Waals surface area contributed by atoms with E-state index in [0.29, 0.717) is 11.4 Å². The third-order valence-corrected chi connectivity index (χ3v) is 3.95. The zero-order valence-electron chi connectivity index (χ0n) is 12.5. The van der Waals surface area contributed by atoms with Crippen molar-refractivity contribution in [3.8, 4) is 0 Å². The van der Waals surface area contributed by atoms with Gasteiger partial charge in [-0.3, -0.25) is 14.1 Å². The second-order valence-electron chi connectivity index (χ2n) is 4.65. The fraction of sp³-hybridized carbons (Fsp3) is 0.133. The minimum atomic E-state index is -3.58. The van der Waals surface area contributed by atoms with E-state index in [4.69, 9.17) is 0 Å². The maximum atomic E-state index is 11.9. The Balaban J connectivity index is 2.03. The second kappa shape index (κ2) is 7.50. The number of anilines is 1. The molecule has 0 spiro atoms. The van der Waals surface area contributed by atoms with E-state index >= 15 is 0 Å². The highest BCUT2D eigenvalue weighted by atomic mass is 32.2. The van der Waals surface area contributed by atoms with E-state index in [9.17, 15) is 13.2 Å². The number of amides is 1. The number of hydrogen-bond donors (Lipinski definition) is 1. The van der Waals surface area contributed by atoms with E-state index in [2.05, 4.69) is 15.5 Å². The third kappa shape index (κ3) is 5.19. The van der Waals surface area contributed by atoms with Gasteiger partial charge in [-0.1, -0.05) is 24.3 Å². The number of benzene rings is 1. The van der Waals surface area contributed by atoms with Gasteiger partial charge in [-0.05, 0) is 24.3 Å². The number of pyridine rings is 1. The van der Waals surface area contributed by atoms with E-state index in [1.165, 1.54) is 6.21 Å². The van der Waals surface area contributed by atoms with Crippen molar-refractivity contribution in [2.75, 3.05) is 17.1 Å². The number of hydrazone groups is 1. The van der Waals surface area contributed by atoms with Gasteiger partial charge >= 0.3 is 0 Å². The normalized spacial score (nSPS) is 11.3. The quantitative estimate of drug-likeness (QED) is 0.631. The van der Waals surface area contributed by atoms with Gasteiger partial charge in [0.15, 0.2) is 0 Å². The van der Waals surface area contributed by atoms with Crippen LogP contribution in [0.1, 0.15) is 5.69 Å². The fourth-order valence-electron chi connectivity index (χ4n) is 1.78. The molecule has 0 aliphatic rings. The molecule has 0 unspecified atom stereocenters. The first kappa shape index (κ1) is 16.6. The molecular weight excluding hydrogens is 316 g/mol. The zero-order chi connectivity index (χ0) is 16.7. The molecule has 1 aromatic heterocycles. The van der Waals surface area contributed by atoms with Gasteiger partial charge in [0.1, 0.15) is 6.54 Å². The van der Waals surface area contributed by atoms with Crippen LogP contribution in [0.25, 0.3) is 0 Å². The third-order valence-electron chi connectivity index (χ3n) is 2.81. The summed E-state index contributed by atoms with van der Waals surface area (Å²) in [6.45, 7) is -0.359. The van der Waals surface area contributed by atoms with Crippen LogP contribution < -0.4 is 9.73 Å². The van der Waals surface area contributed by atoms with E-state index in [0.717, 1.165) is 10.6 Å². The van der Waals surface area contributed by atoms with Crippen LogP contribution in [0.15, 0.2) is 59.8 Å². The lowest BCUT2D eigenvalue weighted by atomic mass is 10.3. The van der Waals surface area contributed by atoms with Gasteiger partial charge < -0.3 is 0 Å². The van der Waals surface area contributed by atoms with Crippen LogP contribution in [0.5, 0.6) is 0 Å². The molecule has 0 bridgehead atoms. The minimum Gasteiger partial charge on any atom is -0.271 e. The Morgan fingerprint density at radius 1 is 1.22 bits per heavy atom. The number of aromatic nitrogens is 1. The summed E-state index contributed by atoms with van der Waals surface area (Å²) in [6, 6.07) is 13.7. The van der Waals surface area contributed by atoms with Crippen molar-refractivity contribution in [3.05, 3.63) is 60.4 Å². The molecule has 0 aliphatic heterocycles. The number of carbonyl (C=O) groups is 1. The van der Waals surface area contributed by atoms with Gasteiger partial charge in [-0.15, -0.1) is 0 Å². The average molecular weight is 332 g/mol. The maximum Gasteiger partial charge on any atom is 0.260 e. The number of para-hydroxylation sites is 1. The first-order valence-electron chi connectivity index (χ1n) is 6.72. The predicted molar refractivity (Wildman–Crippen MR) is 88.6 cm³/mol. The molecule has 1 heterocycles. The van der Waals surface area contributed by atoms with Crippen molar-refractivity contribution in [1.29, 1.82) is 0 Å². The molecule has 0 atom stereocenters. The Morgan fingerprint density at radius 2 is 1.91 bits per heavy atom. The first-order chi connectivity index (χ1) is 11.0. The molecule has 0 fully saturated rings. The molecular formula is C15H16N4O3S. The lowest BCUT2D eigenvalue weighted by Crippen LogP contribution is -2.38. The molecule has 0 saturated carbocycles. The van der Waals surface area contributed by atoms with Gasteiger partial charge in [0, 0.05) is 6.20 Å². The molecule has 7 nitrogen and oxygen atoms in total. The molecule has 1 aromatic carbocycles. The van der Waals surface area contributed by atoms with Crippen LogP contribution in [0.3, 0.4) is 0 Å². The summed E-state index contributed by atoms with van der Waals surface area (Å²) >= 11 is 0. The summed E-state index contributed by atoms with van der Waals surface area (Å²) in [4.78, 5) is 15.9. The van der Waals surface area contributed by atoms with Crippen LogP contribution in [-0.4, -0.2) is 38.3 Å². The second-order valence-corrected chi connectivity index (χ2v) is 6.56. The largest absolute Gasteiger partial charge is 0.271 e. The van der Waals surface area contributed by atoms with E-state index in [1.54, 1.807) is 54.7 Å². The monoisotopic (exact) mass is 332 g/mol. The maximum absolute atomic E-state index is 11.9. The number of hydrogen-bond acceptors (Lipinski definition) is 5. The number of rotatable bonds is 6. The molecule has 0 radical (unpaired) electrons. The molecule has 1 amide bonds. The standard InChI is InChI=1S/C15H16N4O3S/c1-23(21,22)19(14-8-3-2-4-9-14)12-15(20)18-17-11-13-7-5-6-10-16-13/h2-11H,12H2,1H3,(H,18,20)/b17-11-. The molecule has 120 valence electrons. The zero-order valence-corrected chi connectivity index (χ0v) is 13.3. The van der Waals surface area contributed by atoms with Crippen LogP contribution >= 0.6 is 0 Å². The van der Waals surface area contributed by atoms with Gasteiger partial charge in [-0.2, -0.15) is 5.10 Å². The van der Waals surface area contributed by atoms with Crippen molar-refractivity contribution >= 4 is 27.8 Å². The van der Waals surface area contributed by atoms with Crippen LogP contribution in [0.4, 0.5) is 5.69 Å². The minimum absolute atomic E-state index is 0.359. The van der Waals surface area contributed by atoms with Gasteiger partial charge in [0.05, 0.1) is 23.9 Å². The summed E-state index contributed by atoms with van der Waals surface area (Å²) in [5.74, 6) is -0.550. The van der Waals surface area contributed by atoms with Crippen LogP contribution in [-0.2, 0) is 14.8 Å². The van der Waals surface area contributed by atoms with Crippen LogP contribution in [0.2, 0.25) is 0 Å². The molecule has 23 heavy (non-hydrogen) atoms. The van der Waals surface area contributed by atoms with Crippen LogP contribution in [0, 0.1) is 0 Å². The lowest BCUT2D eigenvalue weighted by molar-refractivity contribution is -0.119. The highest BCUT2D eigenvalue weighted by Gasteiger charge is 2.20. The van der Waals surface area contributed by atoms with Gasteiger partial charge in [0.25, 0.3) is 5.91 Å². The highest BCUT2D eigenvalue weighted by Crippen LogP contribution is 2.15. The molecule has 2 rings (SSSR count). The summed E-state index contributed by atoms with van der Waals surface area (Å²) in [5.41, 5.74) is 3.28. The smallest absolute Gasteiger partial charge is 0.260 e. The van der Waals surface area contributed by atoms with E-state index in [1.807, 2.05) is 0 Å². The fourth-order valence-corrected chi connectivity index (χ4v) is 2.64. The molecule has 2 aromatic rings. The topological polar surface area (TPSA) is 91.7 Å².